The highest BCUT2D eigenvalue weighted by Crippen LogP contribution is 2.39. The first-order valence-electron chi connectivity index (χ1n) is 42.6. The number of amides is 5. The predicted octanol–water partition coefficient (Wildman–Crippen LogP) is 19.2. The molecule has 5 N–H and O–H groups in total. The minimum absolute atomic E-state index is 0.00287. The Labute approximate surface area is 746 Å². The van der Waals surface area contributed by atoms with Crippen LogP contribution in [-0.4, -0.2) is 175 Å². The highest BCUT2D eigenvalue weighted by Gasteiger charge is 2.36. The van der Waals surface area contributed by atoms with Crippen molar-refractivity contribution >= 4 is 162 Å². The van der Waals surface area contributed by atoms with E-state index in [1.165, 1.54) is 6.42 Å². The van der Waals surface area contributed by atoms with Crippen LogP contribution in [0.2, 0.25) is 20.6 Å². The molecule has 674 valence electrons. The molecule has 10 aromatic heterocycles. The minimum Gasteiger partial charge on any atom is -0.381 e. The summed E-state index contributed by atoms with van der Waals surface area (Å²) in [7, 11) is 0. The average molecular weight is 1790 g/mol. The van der Waals surface area contributed by atoms with Crippen molar-refractivity contribution in [1.29, 1.82) is 0 Å². The number of rotatable bonds is 22. The maximum atomic E-state index is 12.6. The van der Waals surface area contributed by atoms with E-state index in [0.717, 1.165) is 74.6 Å². The van der Waals surface area contributed by atoms with Gasteiger partial charge in [-0.25, -0.2) is 49.8 Å². The predicted molar refractivity (Wildman–Crippen MR) is 489 cm³/mol. The molecule has 3 aliphatic heterocycles. The van der Waals surface area contributed by atoms with Gasteiger partial charge in [0, 0.05) is 48.6 Å². The number of hydrogen-bond donors (Lipinski definition) is 5. The van der Waals surface area contributed by atoms with Gasteiger partial charge in [0.1, 0.15) is 48.2 Å². The molecular weight excluding hydrogens is 1670 g/mol. The van der Waals surface area contributed by atoms with Gasteiger partial charge in [-0.15, -0.1) is 6.58 Å². The van der Waals surface area contributed by atoms with E-state index in [0.29, 0.717) is 153 Å². The van der Waals surface area contributed by atoms with E-state index in [9.17, 15) is 24.0 Å². The summed E-state index contributed by atoms with van der Waals surface area (Å²) in [5, 5.41) is 16.1. The van der Waals surface area contributed by atoms with Gasteiger partial charge in [0.15, 0.2) is 28.2 Å². The minimum atomic E-state index is -0.309. The topological polar surface area (TPSA) is 354 Å². The Morgan fingerprint density at radius 1 is 0.427 bits per heavy atom. The van der Waals surface area contributed by atoms with Crippen LogP contribution >= 0.6 is 46.4 Å². The van der Waals surface area contributed by atoms with Crippen molar-refractivity contribution in [2.24, 2.45) is 0 Å². The van der Waals surface area contributed by atoms with Gasteiger partial charge in [0.2, 0.25) is 59.3 Å². The molecule has 1 saturated carbocycles. The van der Waals surface area contributed by atoms with Crippen LogP contribution in [0.15, 0.2) is 73.3 Å². The van der Waals surface area contributed by atoms with Crippen molar-refractivity contribution < 1.29 is 52.4 Å². The van der Waals surface area contributed by atoms with Crippen LogP contribution in [0, 0.1) is 6.92 Å². The Bertz CT molecular complexity index is 5400. The number of carbonyl (C=O) groups excluding carboxylic acids is 5. The lowest BCUT2D eigenvalue weighted by molar-refractivity contribution is -0.131. The van der Waals surface area contributed by atoms with Crippen molar-refractivity contribution in [3.8, 4) is 0 Å². The van der Waals surface area contributed by atoms with Crippen LogP contribution in [0.4, 0.5) is 29.7 Å². The Morgan fingerprint density at radius 3 is 1.18 bits per heavy atom. The lowest BCUT2D eigenvalue weighted by Gasteiger charge is -2.35. The van der Waals surface area contributed by atoms with Gasteiger partial charge in [-0.3, -0.25) is 73.4 Å². The van der Waals surface area contributed by atoms with Gasteiger partial charge in [-0.1, -0.05) is 52.5 Å². The smallest absolute Gasteiger partial charge is 0.229 e. The summed E-state index contributed by atoms with van der Waals surface area (Å²) in [6.07, 6.45) is 13.2. The number of carbonyl (C=O) groups is 5. The zero-order chi connectivity index (χ0) is 90.6. The van der Waals surface area contributed by atoms with E-state index in [-0.39, 0.29) is 106 Å². The van der Waals surface area contributed by atoms with Crippen molar-refractivity contribution in [1.82, 2.24) is 72.7 Å². The number of fused-ring (bicyclic) bond motifs is 5. The maximum absolute atomic E-state index is 12.6. The molecule has 2 atom stereocenters. The summed E-state index contributed by atoms with van der Waals surface area (Å²) in [5.74, 6) is 1.93. The van der Waals surface area contributed by atoms with Crippen molar-refractivity contribution in [2.45, 2.75) is 305 Å². The first kappa shape index (κ1) is 97.3. The molecule has 124 heavy (non-hydrogen) atoms. The number of allylic oxidation sites excluding steroid dienone is 1. The van der Waals surface area contributed by atoms with Crippen LogP contribution in [-0.2, 0) is 70.0 Å². The Morgan fingerprint density at radius 2 is 0.774 bits per heavy atom. The molecule has 0 radical (unpaired) electrons. The van der Waals surface area contributed by atoms with E-state index >= 15 is 0 Å². The zero-order valence-electron chi connectivity index (χ0n) is 75.4. The van der Waals surface area contributed by atoms with E-state index < -0.39 is 0 Å². The van der Waals surface area contributed by atoms with Gasteiger partial charge >= 0.3 is 0 Å². The Balaban J connectivity index is 0.000000162. The van der Waals surface area contributed by atoms with Crippen LogP contribution in [0.1, 0.15) is 246 Å². The fourth-order valence-corrected chi connectivity index (χ4v) is 15.1. The van der Waals surface area contributed by atoms with Gasteiger partial charge in [0.05, 0.1) is 92.1 Å². The van der Waals surface area contributed by atoms with Crippen LogP contribution < -0.4 is 26.6 Å². The molecule has 5 amide bonds. The largest absolute Gasteiger partial charge is 0.381 e. The van der Waals surface area contributed by atoms with Crippen LogP contribution in [0.3, 0.4) is 0 Å². The molecule has 3 saturated heterocycles. The fraction of sp³-hybridized carbons (Fsp3) is 0.584. The molecule has 0 bridgehead atoms. The third-order valence-corrected chi connectivity index (χ3v) is 21.2. The monoisotopic (exact) mass is 1790 g/mol. The van der Waals surface area contributed by atoms with E-state index in [4.69, 9.17) is 74.8 Å². The highest BCUT2D eigenvalue weighted by atomic mass is 35.5. The standard InChI is InChI=1S/C19H27ClN4O2.C19H26N4O2.C18H25ClN4O3.C17H25ClN4O2.C16H21ClN4O2/c1-18(2,3)24-16-13(8-9-14(20)22-16)21-17(24)23-15(25)11-12-7-6-10-19(4,5)26-12;1-12-7-8-15-17(20-12)23(13-5-4-6-13)18(21-15)22-16(24)11-14-9-10-19(2,3)25-14;1-18(2,3)26-11-8-15(24)22-17-20-13-4-5-14(19)21-16(13)23(17)12-6-9-25-10-7-12;1-16(2,3)22-14-11(7-8-12(18)20-14)19-15(22)21-13(23)9-10-24-17(4,5)6;1-5-9-21-14-11(6-7-12(17)19-14)18-15(21)20-13(22)8-10-23-16(2,3)4/h8-9,12H,6-7,10-11H2,1-5H3,(H,21,23,25);7-8,13-14H,4-6,9-11H2,1-3H3,(H,21,22,24);4-5,12H,6-11H2,1-3H3,(H,20,22,24);7-8H,9-10H2,1-6H3,(H,19,21,23);5-7H,1,8-10H2,2-4H3,(H,18,20,22)/t12-;;;;/m1..../s1. The second-order valence-electron chi connectivity index (χ2n) is 37.7. The van der Waals surface area contributed by atoms with Gasteiger partial charge < -0.3 is 28.4 Å². The summed E-state index contributed by atoms with van der Waals surface area (Å²) in [4.78, 5) is 107. The number of hydrogen-bond acceptors (Lipinski definition) is 21. The highest BCUT2D eigenvalue weighted by molar-refractivity contribution is 6.30. The van der Waals surface area contributed by atoms with Crippen molar-refractivity contribution in [2.75, 3.05) is 59.6 Å². The Hall–Kier alpha value is -8.89. The number of aromatic nitrogens is 15. The van der Waals surface area contributed by atoms with E-state index in [1.807, 2.05) is 149 Å². The number of anilines is 5. The summed E-state index contributed by atoms with van der Waals surface area (Å²) in [6.45, 7) is 46.7. The summed E-state index contributed by atoms with van der Waals surface area (Å²) in [5.41, 5.74) is 6.35. The third-order valence-electron chi connectivity index (χ3n) is 20.3. The van der Waals surface area contributed by atoms with E-state index in [1.54, 1.807) is 47.0 Å². The number of halogens is 4. The molecule has 10 aromatic rings. The molecule has 4 fully saturated rings. The molecule has 4 aliphatic rings. The molecule has 31 nitrogen and oxygen atoms in total. The molecule has 1 aliphatic carbocycles. The van der Waals surface area contributed by atoms with Crippen molar-refractivity contribution in [3.05, 3.63) is 99.6 Å². The number of aryl methyl sites for hydroxylation is 1. The second-order valence-corrected chi connectivity index (χ2v) is 39.2. The van der Waals surface area contributed by atoms with Gasteiger partial charge in [-0.2, -0.15) is 0 Å². The van der Waals surface area contributed by atoms with Crippen molar-refractivity contribution in [3.63, 3.8) is 0 Å². The quantitative estimate of drug-likeness (QED) is 0.0311. The molecule has 1 unspecified atom stereocenters. The normalized spacial score (nSPS) is 16.9. The molecule has 35 heteroatoms. The first-order chi connectivity index (χ1) is 58.1. The van der Waals surface area contributed by atoms with Crippen LogP contribution in [0.5, 0.6) is 0 Å². The summed E-state index contributed by atoms with van der Waals surface area (Å²) in [6, 6.07) is 18.4. The fourth-order valence-electron chi connectivity index (χ4n) is 14.5. The average Bonchev–Trinajstić information content (AvgIpc) is 1.62. The lowest BCUT2D eigenvalue weighted by Crippen LogP contribution is -2.37. The maximum Gasteiger partial charge on any atom is 0.229 e. The number of pyridine rings is 5. The first-order valence-corrected chi connectivity index (χ1v) is 44.1. The summed E-state index contributed by atoms with van der Waals surface area (Å²) >= 11 is 24.1. The molecule has 14 rings (SSSR count). The Kier molecular flexibility index (Phi) is 32.4. The SMILES string of the molecule is C=CCn1c(NC(=O)CCOC(C)(C)C)nc2ccc(Cl)nc21.CC(C)(C)OCCC(=O)Nc1nc2ccc(Cl)nc2n1C(C)(C)C.CC(C)(C)OCCC(=O)Nc1nc2ccc(Cl)nc2n1C1CCOCC1.CC1(C)CCC[C@H](CC(=O)Nc2nc3ccc(Cl)nc3n2C(C)(C)C)O1.Cc1ccc2nc(NC(=O)CC3CCC(C)(C)O3)n(C3CCC3)c2n1. The molecule has 0 aromatic carbocycles. The van der Waals surface area contributed by atoms with Gasteiger partial charge in [0.25, 0.3) is 0 Å². The number of ether oxygens (including phenoxy) is 6. The third kappa shape index (κ3) is 28.1. The van der Waals surface area contributed by atoms with Gasteiger partial charge in [-0.05, 0) is 263 Å². The molecular formula is C89H124Cl4N20O11. The molecule has 13 heterocycles. The molecule has 0 spiro atoms. The second kappa shape index (κ2) is 41.3. The van der Waals surface area contributed by atoms with E-state index in [2.05, 4.69) is 115 Å². The number of nitrogens with one attached hydrogen (secondary N) is 5. The summed E-state index contributed by atoms with van der Waals surface area (Å²) < 4.78 is 43.9. The lowest BCUT2D eigenvalue weighted by atomic mass is 9.93. The zero-order valence-corrected chi connectivity index (χ0v) is 78.5. The number of imidazole rings is 5. The van der Waals surface area contributed by atoms with Crippen LogP contribution in [0.25, 0.3) is 55.8 Å². The number of nitrogens with zero attached hydrogens (tertiary/aromatic N) is 15.